The Morgan fingerprint density at radius 1 is 0.952 bits per heavy atom. The second kappa shape index (κ2) is 8.75. The Kier molecular flexibility index (Phi) is 6.64. The first-order valence-corrected chi connectivity index (χ1v) is 7.68. The topological polar surface area (TPSA) is 21.3 Å². The van der Waals surface area contributed by atoms with Crippen LogP contribution in [-0.4, -0.2) is 26.8 Å². The Balaban J connectivity index is 1.78. The minimum Gasteiger partial charge on any atom is -0.383 e. The number of nitrogens with one attached hydrogen (secondary N) is 1. The molecule has 0 aromatic heterocycles. The smallest absolute Gasteiger partial charge is 0.131 e. The van der Waals surface area contributed by atoms with Crippen molar-refractivity contribution in [1.29, 1.82) is 0 Å². The standard InChI is InChI=1S/C18H24FNO/c1-21-14-13-20-12-6-2-3-7-15-10-11-18(19)17-9-5-4-8-16(15)17/h4-5,8-11,20H,2-3,6-7,12-14H2,1H3. The zero-order chi connectivity index (χ0) is 14.9. The van der Waals surface area contributed by atoms with Crippen molar-refractivity contribution in [3.63, 3.8) is 0 Å². The Morgan fingerprint density at radius 3 is 2.57 bits per heavy atom. The first kappa shape index (κ1) is 15.9. The molecule has 0 amide bonds. The van der Waals surface area contributed by atoms with Gasteiger partial charge in [-0.05, 0) is 42.8 Å². The van der Waals surface area contributed by atoms with Crippen molar-refractivity contribution in [2.45, 2.75) is 25.7 Å². The molecular formula is C18H24FNO. The van der Waals surface area contributed by atoms with Crippen LogP contribution in [0.4, 0.5) is 4.39 Å². The van der Waals surface area contributed by atoms with Gasteiger partial charge < -0.3 is 10.1 Å². The highest BCUT2D eigenvalue weighted by Crippen LogP contribution is 2.23. The average molecular weight is 289 g/mol. The van der Waals surface area contributed by atoms with Gasteiger partial charge in [0.1, 0.15) is 5.82 Å². The van der Waals surface area contributed by atoms with Crippen molar-refractivity contribution in [3.05, 3.63) is 47.8 Å². The van der Waals surface area contributed by atoms with Crippen LogP contribution in [0.2, 0.25) is 0 Å². The van der Waals surface area contributed by atoms with Gasteiger partial charge >= 0.3 is 0 Å². The van der Waals surface area contributed by atoms with Crippen LogP contribution in [0, 0.1) is 5.82 Å². The number of hydrogen-bond acceptors (Lipinski definition) is 2. The molecule has 114 valence electrons. The van der Waals surface area contributed by atoms with Crippen LogP contribution in [-0.2, 0) is 11.2 Å². The Labute approximate surface area is 126 Å². The van der Waals surface area contributed by atoms with Gasteiger partial charge in [-0.1, -0.05) is 36.8 Å². The highest BCUT2D eigenvalue weighted by atomic mass is 19.1. The normalized spacial score (nSPS) is 11.1. The summed E-state index contributed by atoms with van der Waals surface area (Å²) >= 11 is 0. The minimum atomic E-state index is -0.128. The van der Waals surface area contributed by atoms with E-state index >= 15 is 0 Å². The van der Waals surface area contributed by atoms with E-state index in [4.69, 9.17) is 4.74 Å². The lowest BCUT2D eigenvalue weighted by Crippen LogP contribution is -2.20. The van der Waals surface area contributed by atoms with E-state index in [9.17, 15) is 4.39 Å². The Hall–Kier alpha value is -1.45. The van der Waals surface area contributed by atoms with Crippen LogP contribution in [0.1, 0.15) is 24.8 Å². The van der Waals surface area contributed by atoms with Crippen molar-refractivity contribution >= 4 is 10.8 Å². The summed E-state index contributed by atoms with van der Waals surface area (Å²) in [5, 5.41) is 5.13. The van der Waals surface area contributed by atoms with E-state index in [2.05, 4.69) is 5.32 Å². The molecule has 2 aromatic rings. The van der Waals surface area contributed by atoms with Crippen molar-refractivity contribution < 1.29 is 9.13 Å². The van der Waals surface area contributed by atoms with Crippen LogP contribution in [0.25, 0.3) is 10.8 Å². The van der Waals surface area contributed by atoms with Crippen molar-refractivity contribution in [2.75, 3.05) is 26.8 Å². The summed E-state index contributed by atoms with van der Waals surface area (Å²) in [4.78, 5) is 0. The van der Waals surface area contributed by atoms with E-state index in [-0.39, 0.29) is 5.82 Å². The van der Waals surface area contributed by atoms with Gasteiger partial charge in [-0.3, -0.25) is 0 Å². The van der Waals surface area contributed by atoms with E-state index in [1.807, 2.05) is 30.3 Å². The fourth-order valence-electron chi connectivity index (χ4n) is 2.58. The van der Waals surface area contributed by atoms with Gasteiger partial charge in [0.15, 0.2) is 0 Å². The summed E-state index contributed by atoms with van der Waals surface area (Å²) in [6.45, 7) is 2.72. The fourth-order valence-corrected chi connectivity index (χ4v) is 2.58. The predicted molar refractivity (Wildman–Crippen MR) is 86.2 cm³/mol. The molecule has 0 saturated heterocycles. The molecule has 0 aliphatic rings. The minimum absolute atomic E-state index is 0.128. The summed E-state index contributed by atoms with van der Waals surface area (Å²) in [6, 6.07) is 11.2. The third kappa shape index (κ3) is 4.80. The number of rotatable bonds is 9. The monoisotopic (exact) mass is 289 g/mol. The second-order valence-corrected chi connectivity index (χ2v) is 5.31. The maximum atomic E-state index is 13.7. The zero-order valence-corrected chi connectivity index (χ0v) is 12.7. The van der Waals surface area contributed by atoms with Crippen LogP contribution in [0.5, 0.6) is 0 Å². The molecule has 2 aromatic carbocycles. The van der Waals surface area contributed by atoms with Crippen LogP contribution in [0.3, 0.4) is 0 Å². The number of halogens is 1. The number of unbranched alkanes of at least 4 members (excludes halogenated alkanes) is 2. The number of methoxy groups -OCH3 is 1. The third-order valence-electron chi connectivity index (χ3n) is 3.74. The molecule has 3 heteroatoms. The molecule has 0 spiro atoms. The van der Waals surface area contributed by atoms with E-state index in [0.717, 1.165) is 43.3 Å². The number of ether oxygens (including phenoxy) is 1. The molecule has 21 heavy (non-hydrogen) atoms. The molecule has 1 N–H and O–H groups in total. The van der Waals surface area contributed by atoms with Crippen molar-refractivity contribution in [1.82, 2.24) is 5.32 Å². The quantitative estimate of drug-likeness (QED) is 0.706. The summed E-state index contributed by atoms with van der Waals surface area (Å²) in [5.41, 5.74) is 1.25. The summed E-state index contributed by atoms with van der Waals surface area (Å²) in [6.07, 6.45) is 4.51. The largest absolute Gasteiger partial charge is 0.383 e. The van der Waals surface area contributed by atoms with E-state index in [1.165, 1.54) is 18.4 Å². The number of benzene rings is 2. The van der Waals surface area contributed by atoms with Gasteiger partial charge in [0.2, 0.25) is 0 Å². The molecule has 0 aliphatic carbocycles. The molecule has 0 heterocycles. The maximum absolute atomic E-state index is 13.7. The predicted octanol–water partition coefficient (Wildman–Crippen LogP) is 3.93. The highest BCUT2D eigenvalue weighted by molar-refractivity contribution is 5.86. The first-order chi connectivity index (χ1) is 10.3. The Bertz CT molecular complexity index is 556. The van der Waals surface area contributed by atoms with E-state index in [1.54, 1.807) is 13.2 Å². The molecular weight excluding hydrogens is 265 g/mol. The number of fused-ring (bicyclic) bond motifs is 1. The van der Waals surface area contributed by atoms with Crippen LogP contribution < -0.4 is 5.32 Å². The van der Waals surface area contributed by atoms with Gasteiger partial charge in [0.05, 0.1) is 6.61 Å². The lowest BCUT2D eigenvalue weighted by atomic mass is 9.99. The van der Waals surface area contributed by atoms with Crippen LogP contribution in [0.15, 0.2) is 36.4 Å². The van der Waals surface area contributed by atoms with Gasteiger partial charge in [0, 0.05) is 19.0 Å². The lowest BCUT2D eigenvalue weighted by Gasteiger charge is -2.08. The second-order valence-electron chi connectivity index (χ2n) is 5.31. The molecule has 2 rings (SSSR count). The lowest BCUT2D eigenvalue weighted by molar-refractivity contribution is 0.199. The molecule has 0 fully saturated rings. The summed E-state index contributed by atoms with van der Waals surface area (Å²) in [7, 11) is 1.72. The molecule has 0 aliphatic heterocycles. The van der Waals surface area contributed by atoms with Gasteiger partial charge in [-0.15, -0.1) is 0 Å². The molecule has 2 nitrogen and oxygen atoms in total. The summed E-state index contributed by atoms with van der Waals surface area (Å²) < 4.78 is 18.7. The third-order valence-corrected chi connectivity index (χ3v) is 3.74. The van der Waals surface area contributed by atoms with E-state index < -0.39 is 0 Å². The Morgan fingerprint density at radius 2 is 1.76 bits per heavy atom. The van der Waals surface area contributed by atoms with Gasteiger partial charge in [-0.2, -0.15) is 0 Å². The molecule has 0 saturated carbocycles. The van der Waals surface area contributed by atoms with Crippen molar-refractivity contribution in [2.24, 2.45) is 0 Å². The molecule has 0 unspecified atom stereocenters. The highest BCUT2D eigenvalue weighted by Gasteiger charge is 2.04. The maximum Gasteiger partial charge on any atom is 0.131 e. The summed E-state index contributed by atoms with van der Waals surface area (Å²) in [5.74, 6) is -0.128. The van der Waals surface area contributed by atoms with Gasteiger partial charge in [0.25, 0.3) is 0 Å². The SMILES string of the molecule is COCCNCCCCCc1ccc(F)c2ccccc12. The molecule has 0 atom stereocenters. The molecule has 0 radical (unpaired) electrons. The zero-order valence-electron chi connectivity index (χ0n) is 12.7. The first-order valence-electron chi connectivity index (χ1n) is 7.68. The number of aryl methyl sites for hydroxylation is 1. The van der Waals surface area contributed by atoms with E-state index in [0.29, 0.717) is 0 Å². The van der Waals surface area contributed by atoms with Crippen LogP contribution >= 0.6 is 0 Å². The van der Waals surface area contributed by atoms with Crippen molar-refractivity contribution in [3.8, 4) is 0 Å². The average Bonchev–Trinajstić information content (AvgIpc) is 2.52. The number of hydrogen-bond donors (Lipinski definition) is 1. The molecule has 0 bridgehead atoms. The van der Waals surface area contributed by atoms with Gasteiger partial charge in [-0.25, -0.2) is 4.39 Å². The fraction of sp³-hybridized carbons (Fsp3) is 0.444.